The van der Waals surface area contributed by atoms with Gasteiger partial charge in [0.2, 0.25) is 11.8 Å². The number of hydrogen-bond acceptors (Lipinski definition) is 5. The summed E-state index contributed by atoms with van der Waals surface area (Å²) in [6, 6.07) is 23.0. The predicted molar refractivity (Wildman–Crippen MR) is 160 cm³/mol. The molecule has 0 bridgehead atoms. The Balaban J connectivity index is 1.37. The minimum atomic E-state index is -3.96. The quantitative estimate of drug-likeness (QED) is 0.353. The smallest absolute Gasteiger partial charge is 0.269 e. The number of carbonyl (C=O) groups excluding carboxylic acids is 3. The predicted octanol–water partition coefficient (Wildman–Crippen LogP) is 4.62. The first-order valence-corrected chi connectivity index (χ1v) is 16.0. The number of aryl methyl sites for hydroxylation is 1. The highest BCUT2D eigenvalue weighted by Crippen LogP contribution is 2.30. The second-order valence-corrected chi connectivity index (χ2v) is 13.0. The van der Waals surface area contributed by atoms with Crippen molar-refractivity contribution in [2.24, 2.45) is 0 Å². The van der Waals surface area contributed by atoms with E-state index >= 15 is 0 Å². The van der Waals surface area contributed by atoms with Gasteiger partial charge in [-0.15, -0.1) is 0 Å². The van der Waals surface area contributed by atoms with E-state index in [9.17, 15) is 22.8 Å². The fourth-order valence-electron chi connectivity index (χ4n) is 5.90. The molecule has 5 rings (SSSR count). The Kier molecular flexibility index (Phi) is 9.06. The van der Waals surface area contributed by atoms with E-state index in [-0.39, 0.29) is 54.2 Å². The van der Waals surface area contributed by atoms with Crippen LogP contribution < -0.4 is 5.32 Å². The summed E-state index contributed by atoms with van der Waals surface area (Å²) >= 11 is 0. The Hall–Kier alpha value is -3.98. The van der Waals surface area contributed by atoms with Gasteiger partial charge in [-0.1, -0.05) is 85.1 Å². The van der Waals surface area contributed by atoms with Crippen molar-refractivity contribution in [1.82, 2.24) is 14.5 Å². The topological polar surface area (TPSA) is 104 Å². The van der Waals surface area contributed by atoms with E-state index in [1.807, 2.05) is 61.5 Å². The third-order valence-corrected chi connectivity index (χ3v) is 9.91. The van der Waals surface area contributed by atoms with Gasteiger partial charge in [-0.05, 0) is 49.4 Å². The molecular formula is C33H37N3O5S. The summed E-state index contributed by atoms with van der Waals surface area (Å²) in [5.41, 5.74) is 3.05. The number of amides is 3. The van der Waals surface area contributed by atoms with Crippen LogP contribution in [-0.2, 0) is 32.6 Å². The highest BCUT2D eigenvalue weighted by Gasteiger charge is 2.40. The van der Waals surface area contributed by atoms with E-state index in [1.165, 1.54) is 12.1 Å². The van der Waals surface area contributed by atoms with Gasteiger partial charge < -0.3 is 10.2 Å². The molecule has 2 aliphatic rings. The molecule has 8 nitrogen and oxygen atoms in total. The maximum Gasteiger partial charge on any atom is 0.269 e. The molecule has 3 amide bonds. The Morgan fingerprint density at radius 1 is 0.952 bits per heavy atom. The van der Waals surface area contributed by atoms with Crippen LogP contribution in [0.3, 0.4) is 0 Å². The number of sulfonamides is 1. The summed E-state index contributed by atoms with van der Waals surface area (Å²) in [5, 5.41) is 3.19. The maximum absolute atomic E-state index is 13.9. The molecule has 1 aliphatic carbocycles. The zero-order valence-electron chi connectivity index (χ0n) is 23.9. The fourth-order valence-corrected chi connectivity index (χ4v) is 7.51. The van der Waals surface area contributed by atoms with Gasteiger partial charge in [0.15, 0.2) is 0 Å². The monoisotopic (exact) mass is 587 g/mol. The van der Waals surface area contributed by atoms with Gasteiger partial charge in [-0.2, -0.15) is 0 Å². The molecule has 1 saturated carbocycles. The van der Waals surface area contributed by atoms with Gasteiger partial charge >= 0.3 is 0 Å². The lowest BCUT2D eigenvalue weighted by molar-refractivity contribution is -0.141. The highest BCUT2D eigenvalue weighted by atomic mass is 32.2. The number of hydrogen-bond donors (Lipinski definition) is 1. The molecule has 0 radical (unpaired) electrons. The van der Waals surface area contributed by atoms with Crippen molar-refractivity contribution in [2.45, 2.75) is 75.4 Å². The molecule has 1 atom stereocenters. The van der Waals surface area contributed by atoms with E-state index in [2.05, 4.69) is 5.32 Å². The van der Waals surface area contributed by atoms with Crippen molar-refractivity contribution in [2.75, 3.05) is 6.54 Å². The van der Waals surface area contributed by atoms with Crippen LogP contribution in [0.2, 0.25) is 0 Å². The molecule has 3 aromatic carbocycles. The van der Waals surface area contributed by atoms with Crippen LogP contribution in [0, 0.1) is 6.92 Å². The second-order valence-electron chi connectivity index (χ2n) is 11.2. The van der Waals surface area contributed by atoms with Crippen molar-refractivity contribution in [3.63, 3.8) is 0 Å². The third-order valence-electron chi connectivity index (χ3n) is 8.07. The van der Waals surface area contributed by atoms with Crippen LogP contribution in [0.5, 0.6) is 0 Å². The van der Waals surface area contributed by atoms with Gasteiger partial charge in [0.1, 0.15) is 10.9 Å². The first kappa shape index (κ1) is 29.5. The largest absolute Gasteiger partial charge is 0.352 e. The van der Waals surface area contributed by atoms with Crippen molar-refractivity contribution in [1.29, 1.82) is 0 Å². The van der Waals surface area contributed by atoms with Gasteiger partial charge in [-0.25, -0.2) is 12.7 Å². The first-order valence-electron chi connectivity index (χ1n) is 14.6. The molecule has 0 aromatic heterocycles. The number of rotatable bonds is 11. The van der Waals surface area contributed by atoms with Crippen LogP contribution >= 0.6 is 0 Å². The standard InChI is InChI=1S/C33H37N3O5S/c1-24-11-9-14-26(21-24)23-35(29(22-25-12-3-2-4-13-25)32(38)34-27-15-5-6-16-27)31(37)19-10-20-36-33(39)28-17-7-8-18-30(28)42(36,40)41/h2-4,7-9,11-14,17-18,21,27,29H,5-6,10,15-16,19-20,22-23H2,1H3,(H,34,38)/t29-/m1/s1. The molecule has 1 heterocycles. The first-order chi connectivity index (χ1) is 20.2. The molecule has 1 N–H and O–H groups in total. The van der Waals surface area contributed by atoms with Crippen LogP contribution in [0.1, 0.15) is 65.6 Å². The molecule has 1 aliphatic heterocycles. The molecule has 9 heteroatoms. The van der Waals surface area contributed by atoms with Crippen LogP contribution in [-0.4, -0.2) is 54.0 Å². The van der Waals surface area contributed by atoms with E-state index in [0.717, 1.165) is 46.7 Å². The summed E-state index contributed by atoms with van der Waals surface area (Å²) in [5.74, 6) is -1.02. The Morgan fingerprint density at radius 3 is 2.36 bits per heavy atom. The number of nitrogens with one attached hydrogen (secondary N) is 1. The summed E-state index contributed by atoms with van der Waals surface area (Å²) in [4.78, 5) is 42.2. The number of benzene rings is 3. The number of fused-ring (bicyclic) bond motifs is 1. The SMILES string of the molecule is Cc1cccc(CN(C(=O)CCCN2C(=O)c3ccccc3S2(=O)=O)[C@H](Cc2ccccc2)C(=O)NC2CCCC2)c1. The molecule has 42 heavy (non-hydrogen) atoms. The van der Waals surface area contributed by atoms with Crippen LogP contribution in [0.4, 0.5) is 0 Å². The molecular weight excluding hydrogens is 550 g/mol. The van der Waals surface area contributed by atoms with Gasteiger partial charge in [-0.3, -0.25) is 14.4 Å². The molecule has 0 saturated heterocycles. The summed E-state index contributed by atoms with van der Waals surface area (Å²) < 4.78 is 26.9. The third kappa shape index (κ3) is 6.57. The Bertz CT molecular complexity index is 1550. The van der Waals surface area contributed by atoms with Crippen molar-refractivity contribution >= 4 is 27.7 Å². The summed E-state index contributed by atoms with van der Waals surface area (Å²) in [6.07, 6.45) is 4.48. The molecule has 3 aromatic rings. The van der Waals surface area contributed by atoms with Crippen LogP contribution in [0.15, 0.2) is 83.8 Å². The lowest BCUT2D eigenvalue weighted by Crippen LogP contribution is -2.52. The van der Waals surface area contributed by atoms with E-state index in [1.54, 1.807) is 17.0 Å². The second kappa shape index (κ2) is 12.9. The van der Waals surface area contributed by atoms with Gasteiger partial charge in [0.05, 0.1) is 5.56 Å². The van der Waals surface area contributed by atoms with Crippen LogP contribution in [0.25, 0.3) is 0 Å². The van der Waals surface area contributed by atoms with Crippen molar-refractivity contribution < 1.29 is 22.8 Å². The van der Waals surface area contributed by atoms with E-state index in [4.69, 9.17) is 0 Å². The van der Waals surface area contributed by atoms with Crippen molar-refractivity contribution in [3.05, 3.63) is 101 Å². The van der Waals surface area contributed by atoms with Gasteiger partial charge in [0, 0.05) is 32.0 Å². The minimum absolute atomic E-state index is 0.00564. The zero-order valence-corrected chi connectivity index (χ0v) is 24.7. The molecule has 1 fully saturated rings. The number of carbonyl (C=O) groups is 3. The summed E-state index contributed by atoms with van der Waals surface area (Å²) in [6.45, 7) is 2.11. The maximum atomic E-state index is 13.9. The zero-order chi connectivity index (χ0) is 29.7. The highest BCUT2D eigenvalue weighted by molar-refractivity contribution is 7.90. The van der Waals surface area contributed by atoms with E-state index in [0.29, 0.717) is 6.42 Å². The average molecular weight is 588 g/mol. The van der Waals surface area contributed by atoms with Gasteiger partial charge in [0.25, 0.3) is 15.9 Å². The van der Waals surface area contributed by atoms with Crippen molar-refractivity contribution in [3.8, 4) is 0 Å². The molecule has 0 spiro atoms. The molecule has 0 unspecified atom stereocenters. The molecule has 220 valence electrons. The fraction of sp³-hybridized carbons (Fsp3) is 0.364. The summed E-state index contributed by atoms with van der Waals surface area (Å²) in [7, 11) is -3.96. The Morgan fingerprint density at radius 2 is 1.64 bits per heavy atom. The lowest BCUT2D eigenvalue weighted by Gasteiger charge is -2.32. The normalized spacial score (nSPS) is 16.7. The lowest BCUT2D eigenvalue weighted by atomic mass is 10.0. The number of nitrogens with zero attached hydrogens (tertiary/aromatic N) is 2. The minimum Gasteiger partial charge on any atom is -0.352 e. The Labute approximate surface area is 247 Å². The van der Waals surface area contributed by atoms with E-state index < -0.39 is 22.0 Å². The average Bonchev–Trinajstić information content (AvgIpc) is 3.56.